The summed E-state index contributed by atoms with van der Waals surface area (Å²) in [6, 6.07) is 3.63. The van der Waals surface area contributed by atoms with Gasteiger partial charge in [0.05, 0.1) is 5.56 Å². The Morgan fingerprint density at radius 2 is 2.12 bits per heavy atom. The van der Waals surface area contributed by atoms with Crippen molar-refractivity contribution in [1.82, 2.24) is 0 Å². The van der Waals surface area contributed by atoms with Crippen molar-refractivity contribution >= 4 is 29.2 Å². The maximum atomic E-state index is 11.1. The topological polar surface area (TPSA) is 92.4 Å². The molecular formula is C10H11ClN2O3. The summed E-state index contributed by atoms with van der Waals surface area (Å²) in [7, 11) is 0. The van der Waals surface area contributed by atoms with Gasteiger partial charge < -0.3 is 16.2 Å². The monoisotopic (exact) mass is 242 g/mol. The normalized spacial score (nSPS) is 11.9. The molecule has 0 radical (unpaired) electrons. The molecule has 1 amide bonds. The van der Waals surface area contributed by atoms with Crippen molar-refractivity contribution in [3.8, 4) is 0 Å². The van der Waals surface area contributed by atoms with Gasteiger partial charge in [-0.2, -0.15) is 0 Å². The standard InChI is InChI=1S/C10H11ClN2O3/c1-5(10(15)16)13-8-3-2-6(11)4-7(8)9(12)14/h2-5,13H,1H3,(H2,12,14)(H,15,16). The summed E-state index contributed by atoms with van der Waals surface area (Å²) in [4.78, 5) is 21.7. The van der Waals surface area contributed by atoms with Crippen LogP contribution < -0.4 is 11.1 Å². The molecule has 0 aromatic heterocycles. The second-order valence-electron chi connectivity index (χ2n) is 3.26. The number of nitrogens with two attached hydrogens (primary N) is 1. The van der Waals surface area contributed by atoms with Gasteiger partial charge in [0.15, 0.2) is 0 Å². The van der Waals surface area contributed by atoms with Gasteiger partial charge in [-0.3, -0.25) is 9.59 Å². The first-order valence-electron chi connectivity index (χ1n) is 4.50. The molecule has 1 aromatic rings. The molecule has 6 heteroatoms. The van der Waals surface area contributed by atoms with E-state index in [9.17, 15) is 9.59 Å². The van der Waals surface area contributed by atoms with Crippen LogP contribution in [0.3, 0.4) is 0 Å². The van der Waals surface area contributed by atoms with Crippen LogP contribution in [0.5, 0.6) is 0 Å². The first-order chi connectivity index (χ1) is 7.41. The van der Waals surface area contributed by atoms with Crippen LogP contribution in [-0.4, -0.2) is 23.0 Å². The fraction of sp³-hybridized carbons (Fsp3) is 0.200. The predicted molar refractivity (Wildman–Crippen MR) is 60.7 cm³/mol. The van der Waals surface area contributed by atoms with E-state index in [2.05, 4.69) is 5.32 Å². The maximum Gasteiger partial charge on any atom is 0.325 e. The number of carboxylic acids is 1. The Hall–Kier alpha value is -1.75. The fourth-order valence-corrected chi connectivity index (χ4v) is 1.31. The number of amides is 1. The number of nitrogens with one attached hydrogen (secondary N) is 1. The van der Waals surface area contributed by atoms with Crippen molar-refractivity contribution < 1.29 is 14.7 Å². The van der Waals surface area contributed by atoms with Gasteiger partial charge in [-0.1, -0.05) is 11.6 Å². The number of hydrogen-bond acceptors (Lipinski definition) is 3. The van der Waals surface area contributed by atoms with Crippen molar-refractivity contribution in [2.45, 2.75) is 13.0 Å². The highest BCUT2D eigenvalue weighted by Gasteiger charge is 2.14. The van der Waals surface area contributed by atoms with Gasteiger partial charge in [-0.15, -0.1) is 0 Å². The largest absolute Gasteiger partial charge is 0.480 e. The van der Waals surface area contributed by atoms with E-state index in [0.29, 0.717) is 10.7 Å². The average Bonchev–Trinajstić information content (AvgIpc) is 2.20. The highest BCUT2D eigenvalue weighted by molar-refractivity contribution is 6.31. The van der Waals surface area contributed by atoms with Gasteiger partial charge >= 0.3 is 5.97 Å². The smallest absolute Gasteiger partial charge is 0.325 e. The molecular weight excluding hydrogens is 232 g/mol. The number of benzene rings is 1. The minimum absolute atomic E-state index is 0.167. The lowest BCUT2D eigenvalue weighted by atomic mass is 10.1. The molecule has 0 spiro atoms. The number of rotatable bonds is 4. The first-order valence-corrected chi connectivity index (χ1v) is 4.88. The van der Waals surface area contributed by atoms with E-state index in [1.807, 2.05) is 0 Å². The molecule has 0 aliphatic carbocycles. The molecule has 0 saturated carbocycles. The van der Waals surface area contributed by atoms with E-state index in [1.54, 1.807) is 6.07 Å². The number of primary amides is 1. The molecule has 16 heavy (non-hydrogen) atoms. The summed E-state index contributed by atoms with van der Waals surface area (Å²) >= 11 is 5.71. The Bertz CT molecular complexity index is 434. The van der Waals surface area contributed by atoms with E-state index in [-0.39, 0.29) is 5.56 Å². The quantitative estimate of drug-likeness (QED) is 0.743. The number of carbonyl (C=O) groups excluding carboxylic acids is 1. The molecule has 1 rings (SSSR count). The maximum absolute atomic E-state index is 11.1. The summed E-state index contributed by atoms with van der Waals surface area (Å²) < 4.78 is 0. The van der Waals surface area contributed by atoms with Crippen molar-refractivity contribution in [3.05, 3.63) is 28.8 Å². The molecule has 0 saturated heterocycles. The van der Waals surface area contributed by atoms with Gasteiger partial charge in [-0.05, 0) is 25.1 Å². The summed E-state index contributed by atoms with van der Waals surface area (Å²) in [5, 5.41) is 11.7. The fourth-order valence-electron chi connectivity index (χ4n) is 1.14. The summed E-state index contributed by atoms with van der Waals surface area (Å²) in [5.41, 5.74) is 5.67. The summed E-state index contributed by atoms with van der Waals surface area (Å²) in [5.74, 6) is -1.69. The predicted octanol–water partition coefficient (Wildman–Crippen LogP) is 1.32. The third-order valence-corrected chi connectivity index (χ3v) is 2.22. The molecule has 4 N–H and O–H groups in total. The van der Waals surface area contributed by atoms with Crippen LogP contribution in [-0.2, 0) is 4.79 Å². The number of halogens is 1. The van der Waals surface area contributed by atoms with Gasteiger partial charge in [0.25, 0.3) is 5.91 Å². The molecule has 5 nitrogen and oxygen atoms in total. The molecule has 0 bridgehead atoms. The zero-order valence-corrected chi connectivity index (χ0v) is 9.28. The molecule has 86 valence electrons. The van der Waals surface area contributed by atoms with Crippen LogP contribution in [0.25, 0.3) is 0 Å². The van der Waals surface area contributed by atoms with Crippen LogP contribution >= 0.6 is 11.6 Å². The number of aliphatic carboxylic acids is 1. The minimum atomic E-state index is -1.02. The number of hydrogen-bond donors (Lipinski definition) is 3. The van der Waals surface area contributed by atoms with Gasteiger partial charge in [0.1, 0.15) is 6.04 Å². The lowest BCUT2D eigenvalue weighted by Crippen LogP contribution is -2.27. The van der Waals surface area contributed by atoms with Crippen molar-refractivity contribution in [1.29, 1.82) is 0 Å². The van der Waals surface area contributed by atoms with E-state index >= 15 is 0 Å². The lowest BCUT2D eigenvalue weighted by Gasteiger charge is -2.13. The van der Waals surface area contributed by atoms with Crippen LogP contribution in [0.2, 0.25) is 5.02 Å². The molecule has 0 aliphatic heterocycles. The number of anilines is 1. The third kappa shape index (κ3) is 2.87. The van der Waals surface area contributed by atoms with Gasteiger partial charge in [-0.25, -0.2) is 0 Å². The first kappa shape index (κ1) is 12.3. The minimum Gasteiger partial charge on any atom is -0.480 e. The van der Waals surface area contributed by atoms with Crippen molar-refractivity contribution in [3.63, 3.8) is 0 Å². The van der Waals surface area contributed by atoms with Crippen LogP contribution in [0.1, 0.15) is 17.3 Å². The van der Waals surface area contributed by atoms with Gasteiger partial charge in [0, 0.05) is 10.7 Å². The number of carboxylic acid groups (broad SMARTS) is 1. The van der Waals surface area contributed by atoms with Crippen LogP contribution in [0, 0.1) is 0 Å². The molecule has 0 aliphatic rings. The summed E-state index contributed by atoms with van der Waals surface area (Å²) in [6.45, 7) is 1.46. The molecule has 1 aromatic carbocycles. The SMILES string of the molecule is CC(Nc1ccc(Cl)cc1C(N)=O)C(=O)O. The lowest BCUT2D eigenvalue weighted by molar-refractivity contribution is -0.137. The highest BCUT2D eigenvalue weighted by Crippen LogP contribution is 2.20. The third-order valence-electron chi connectivity index (χ3n) is 1.99. The van der Waals surface area contributed by atoms with E-state index in [4.69, 9.17) is 22.4 Å². The molecule has 1 atom stereocenters. The Labute approximate surface area is 97.2 Å². The zero-order chi connectivity index (χ0) is 12.3. The van der Waals surface area contributed by atoms with Crippen LogP contribution in [0.4, 0.5) is 5.69 Å². The van der Waals surface area contributed by atoms with Gasteiger partial charge in [0.2, 0.25) is 0 Å². The highest BCUT2D eigenvalue weighted by atomic mass is 35.5. The van der Waals surface area contributed by atoms with E-state index in [1.165, 1.54) is 19.1 Å². The van der Waals surface area contributed by atoms with E-state index < -0.39 is 17.9 Å². The molecule has 0 fully saturated rings. The second kappa shape index (κ2) is 4.85. The van der Waals surface area contributed by atoms with Crippen LogP contribution in [0.15, 0.2) is 18.2 Å². The van der Waals surface area contributed by atoms with E-state index in [0.717, 1.165) is 0 Å². The average molecular weight is 243 g/mol. The Morgan fingerprint density at radius 1 is 1.50 bits per heavy atom. The molecule has 0 heterocycles. The number of carbonyl (C=O) groups is 2. The molecule has 1 unspecified atom stereocenters. The Morgan fingerprint density at radius 3 is 2.62 bits per heavy atom. The Balaban J connectivity index is 3.04. The second-order valence-corrected chi connectivity index (χ2v) is 3.69. The Kier molecular flexibility index (Phi) is 3.73. The van der Waals surface area contributed by atoms with Crippen molar-refractivity contribution in [2.24, 2.45) is 5.73 Å². The van der Waals surface area contributed by atoms with Crippen molar-refractivity contribution in [2.75, 3.05) is 5.32 Å². The zero-order valence-electron chi connectivity index (χ0n) is 8.53. The summed E-state index contributed by atoms with van der Waals surface area (Å²) in [6.07, 6.45) is 0.